The maximum Gasteiger partial charge on any atom is 0.261 e. The number of rotatable bonds is 7. The topological polar surface area (TPSA) is 88.2 Å². The highest BCUT2D eigenvalue weighted by Crippen LogP contribution is 2.29. The van der Waals surface area contributed by atoms with Gasteiger partial charge in [0.2, 0.25) is 0 Å². The van der Waals surface area contributed by atoms with E-state index in [1.165, 1.54) is 17.3 Å². The van der Waals surface area contributed by atoms with Crippen molar-refractivity contribution in [3.05, 3.63) is 77.5 Å². The average molecular weight is 482 g/mol. The lowest BCUT2D eigenvalue weighted by molar-refractivity contribution is 0.0942. The predicted molar refractivity (Wildman–Crippen MR) is 131 cm³/mol. The van der Waals surface area contributed by atoms with Crippen LogP contribution >= 0.6 is 11.8 Å². The van der Waals surface area contributed by atoms with Crippen molar-refractivity contribution in [3.63, 3.8) is 0 Å². The Morgan fingerprint density at radius 3 is 2.36 bits per heavy atom. The number of amides is 1. The molecule has 3 aromatic rings. The summed E-state index contributed by atoms with van der Waals surface area (Å²) in [5, 5.41) is 3.59. The molecule has 0 aliphatic heterocycles. The number of aryl methyl sites for hydroxylation is 2. The van der Waals surface area contributed by atoms with E-state index >= 15 is 0 Å². The molecule has 1 aromatic heterocycles. The fourth-order valence-electron chi connectivity index (χ4n) is 3.72. The molecule has 172 valence electrons. The summed E-state index contributed by atoms with van der Waals surface area (Å²) in [7, 11) is -3.65. The molecule has 0 atom stereocenters. The number of nitrogens with one attached hydrogen (secondary N) is 2. The van der Waals surface area contributed by atoms with Crippen LogP contribution in [-0.2, 0) is 22.9 Å². The minimum Gasteiger partial charge on any atom is -0.350 e. The van der Waals surface area contributed by atoms with Crippen LogP contribution in [-0.4, -0.2) is 25.4 Å². The zero-order valence-corrected chi connectivity index (χ0v) is 20.3. The Labute approximate surface area is 199 Å². The highest BCUT2D eigenvalue weighted by Gasteiger charge is 2.18. The van der Waals surface area contributed by atoms with Gasteiger partial charge in [-0.25, -0.2) is 13.4 Å². The summed E-state index contributed by atoms with van der Waals surface area (Å²) < 4.78 is 28.4. The minimum atomic E-state index is -3.65. The number of anilines is 1. The Kier molecular flexibility index (Phi) is 7.05. The molecule has 0 fully saturated rings. The number of benzene rings is 2. The molecule has 0 bridgehead atoms. The molecule has 1 aliphatic carbocycles. The minimum absolute atomic E-state index is 0.0646. The highest BCUT2D eigenvalue weighted by atomic mass is 32.2. The zero-order chi connectivity index (χ0) is 23.4. The lowest BCUT2D eigenvalue weighted by atomic mass is 9.92. The summed E-state index contributed by atoms with van der Waals surface area (Å²) in [4.78, 5) is 17.6. The van der Waals surface area contributed by atoms with Gasteiger partial charge in [-0.1, -0.05) is 17.8 Å². The van der Waals surface area contributed by atoms with Crippen molar-refractivity contribution in [1.29, 1.82) is 0 Å². The van der Waals surface area contributed by atoms with Crippen molar-refractivity contribution in [2.24, 2.45) is 0 Å². The summed E-state index contributed by atoms with van der Waals surface area (Å²) in [5.74, 6) is -0.149. The standard InChI is InChI=1S/C25H27N3O3S2/c1-17(2)27-25(29)20-8-14-24(26-16-20)32-22-11-9-21(10-12-22)28-33(30,31)23-13-7-18-5-3-4-6-19(18)15-23/h7-17,28H,3-6H2,1-2H3,(H,27,29). The van der Waals surface area contributed by atoms with Crippen LogP contribution in [0, 0.1) is 0 Å². The van der Waals surface area contributed by atoms with Gasteiger partial charge in [-0.3, -0.25) is 9.52 Å². The van der Waals surface area contributed by atoms with Crippen LogP contribution < -0.4 is 10.0 Å². The third-order valence-corrected chi connectivity index (χ3v) is 7.71. The highest BCUT2D eigenvalue weighted by molar-refractivity contribution is 7.99. The molecular formula is C25H27N3O3S2. The van der Waals surface area contributed by atoms with Crippen LogP contribution in [0.2, 0.25) is 0 Å². The number of hydrogen-bond acceptors (Lipinski definition) is 5. The maximum atomic E-state index is 12.9. The van der Waals surface area contributed by atoms with E-state index in [4.69, 9.17) is 0 Å². The zero-order valence-electron chi connectivity index (χ0n) is 18.7. The Hall–Kier alpha value is -2.84. The number of hydrogen-bond donors (Lipinski definition) is 2. The SMILES string of the molecule is CC(C)NC(=O)c1ccc(Sc2ccc(NS(=O)(=O)c3ccc4c(c3)CCCC4)cc2)nc1. The molecule has 8 heteroatoms. The third-order valence-electron chi connectivity index (χ3n) is 5.38. The molecule has 1 amide bonds. The molecule has 6 nitrogen and oxygen atoms in total. The van der Waals surface area contributed by atoms with Crippen molar-refractivity contribution in [2.45, 2.75) is 60.4 Å². The summed E-state index contributed by atoms with van der Waals surface area (Å²) in [6.45, 7) is 3.82. The van der Waals surface area contributed by atoms with E-state index in [0.29, 0.717) is 16.1 Å². The van der Waals surface area contributed by atoms with E-state index in [2.05, 4.69) is 15.0 Å². The van der Waals surface area contributed by atoms with E-state index in [9.17, 15) is 13.2 Å². The smallest absolute Gasteiger partial charge is 0.261 e. The van der Waals surface area contributed by atoms with Crippen LogP contribution in [0.25, 0.3) is 0 Å². The van der Waals surface area contributed by atoms with Crippen molar-refractivity contribution >= 4 is 33.4 Å². The van der Waals surface area contributed by atoms with Gasteiger partial charge in [0.1, 0.15) is 5.03 Å². The Morgan fingerprint density at radius 2 is 1.70 bits per heavy atom. The van der Waals surface area contributed by atoms with E-state index in [1.807, 2.05) is 32.0 Å². The molecule has 0 saturated carbocycles. The second-order valence-electron chi connectivity index (χ2n) is 8.38. The fraction of sp³-hybridized carbons (Fsp3) is 0.280. The summed E-state index contributed by atoms with van der Waals surface area (Å²) in [6, 6.07) is 16.2. The van der Waals surface area contributed by atoms with Crippen LogP contribution in [0.1, 0.15) is 48.2 Å². The van der Waals surface area contributed by atoms with E-state index in [1.54, 1.807) is 42.6 Å². The van der Waals surface area contributed by atoms with Crippen LogP contribution in [0.15, 0.2) is 75.6 Å². The second kappa shape index (κ2) is 9.97. The molecule has 4 rings (SSSR count). The summed E-state index contributed by atoms with van der Waals surface area (Å²) >= 11 is 1.44. The second-order valence-corrected chi connectivity index (χ2v) is 11.2. The summed E-state index contributed by atoms with van der Waals surface area (Å²) in [5.41, 5.74) is 3.41. The predicted octanol–water partition coefficient (Wildman–Crippen LogP) is 5.05. The van der Waals surface area contributed by atoms with Crippen molar-refractivity contribution < 1.29 is 13.2 Å². The molecule has 2 N–H and O–H groups in total. The number of pyridine rings is 1. The first-order chi connectivity index (χ1) is 15.8. The van der Waals surface area contributed by atoms with E-state index in [-0.39, 0.29) is 11.9 Å². The Bertz CT molecular complexity index is 1240. The molecule has 1 aliphatic rings. The molecule has 0 radical (unpaired) electrons. The van der Waals surface area contributed by atoms with E-state index in [0.717, 1.165) is 41.2 Å². The Morgan fingerprint density at radius 1 is 0.970 bits per heavy atom. The number of aromatic nitrogens is 1. The number of fused-ring (bicyclic) bond motifs is 1. The average Bonchev–Trinajstić information content (AvgIpc) is 2.80. The van der Waals surface area contributed by atoms with Crippen LogP contribution in [0.3, 0.4) is 0 Å². The molecule has 0 saturated heterocycles. The van der Waals surface area contributed by atoms with Gasteiger partial charge in [-0.2, -0.15) is 0 Å². The van der Waals surface area contributed by atoms with Gasteiger partial charge in [0.15, 0.2) is 0 Å². The van der Waals surface area contributed by atoms with E-state index < -0.39 is 10.0 Å². The largest absolute Gasteiger partial charge is 0.350 e. The van der Waals surface area contributed by atoms with Crippen molar-refractivity contribution in [2.75, 3.05) is 4.72 Å². The Balaban J connectivity index is 1.40. The normalized spacial score (nSPS) is 13.4. The molecular weight excluding hydrogens is 454 g/mol. The fourth-order valence-corrected chi connectivity index (χ4v) is 5.59. The number of carbonyl (C=O) groups is 1. The third kappa shape index (κ3) is 5.94. The lowest BCUT2D eigenvalue weighted by Gasteiger charge is -2.17. The summed E-state index contributed by atoms with van der Waals surface area (Å²) in [6.07, 6.45) is 5.77. The van der Waals surface area contributed by atoms with Gasteiger partial charge in [0, 0.05) is 22.8 Å². The molecule has 0 spiro atoms. The first-order valence-corrected chi connectivity index (χ1v) is 13.3. The number of carbonyl (C=O) groups excluding carboxylic acids is 1. The van der Waals surface area contributed by atoms with Gasteiger partial charge in [-0.05, 0) is 99.2 Å². The molecule has 0 unspecified atom stereocenters. The number of sulfonamides is 1. The van der Waals surface area contributed by atoms with Gasteiger partial charge >= 0.3 is 0 Å². The maximum absolute atomic E-state index is 12.9. The quantitative estimate of drug-likeness (QED) is 0.493. The van der Waals surface area contributed by atoms with Gasteiger partial charge in [-0.15, -0.1) is 0 Å². The monoisotopic (exact) mass is 481 g/mol. The van der Waals surface area contributed by atoms with Gasteiger partial charge in [0.05, 0.1) is 10.5 Å². The molecule has 1 heterocycles. The van der Waals surface area contributed by atoms with Gasteiger partial charge in [0.25, 0.3) is 15.9 Å². The van der Waals surface area contributed by atoms with Gasteiger partial charge < -0.3 is 5.32 Å². The first-order valence-electron chi connectivity index (χ1n) is 11.0. The lowest BCUT2D eigenvalue weighted by Crippen LogP contribution is -2.30. The van der Waals surface area contributed by atoms with Crippen LogP contribution in [0.4, 0.5) is 5.69 Å². The number of nitrogens with zero attached hydrogens (tertiary/aromatic N) is 1. The van der Waals surface area contributed by atoms with Crippen LogP contribution in [0.5, 0.6) is 0 Å². The van der Waals surface area contributed by atoms with Crippen molar-refractivity contribution in [3.8, 4) is 0 Å². The molecule has 2 aromatic carbocycles. The van der Waals surface area contributed by atoms with Crippen molar-refractivity contribution in [1.82, 2.24) is 10.3 Å². The first kappa shape index (κ1) is 23.3. The molecule has 33 heavy (non-hydrogen) atoms.